The highest BCUT2D eigenvalue weighted by atomic mass is 19.4. The standard InChI is InChI=1S/C12H19F3N2O3/c1-5-7-17(9(18)12(13,14)15)8-6-16-10(19)20-11(2,3)4/h5H,1,6-8H2,2-4H3,(H,16,19). The van der Waals surface area contributed by atoms with Gasteiger partial charge in [-0.2, -0.15) is 13.2 Å². The van der Waals surface area contributed by atoms with Crippen LogP contribution in [0, 0.1) is 0 Å². The van der Waals surface area contributed by atoms with Crippen molar-refractivity contribution in [3.05, 3.63) is 12.7 Å². The van der Waals surface area contributed by atoms with E-state index in [1.54, 1.807) is 20.8 Å². The molecule has 0 bridgehead atoms. The molecule has 0 fully saturated rings. The zero-order valence-electron chi connectivity index (χ0n) is 11.7. The van der Waals surface area contributed by atoms with Crippen LogP contribution in [-0.4, -0.2) is 48.3 Å². The first-order valence-electron chi connectivity index (χ1n) is 5.91. The van der Waals surface area contributed by atoms with Crippen LogP contribution in [0.25, 0.3) is 0 Å². The van der Waals surface area contributed by atoms with E-state index in [-0.39, 0.29) is 19.6 Å². The van der Waals surface area contributed by atoms with E-state index in [4.69, 9.17) is 4.74 Å². The Balaban J connectivity index is 4.33. The van der Waals surface area contributed by atoms with Crippen LogP contribution < -0.4 is 5.32 Å². The molecule has 0 rings (SSSR count). The minimum Gasteiger partial charge on any atom is -0.444 e. The monoisotopic (exact) mass is 296 g/mol. The van der Waals surface area contributed by atoms with Gasteiger partial charge in [-0.3, -0.25) is 4.79 Å². The number of nitrogens with zero attached hydrogens (tertiary/aromatic N) is 1. The maximum atomic E-state index is 12.3. The molecule has 0 aromatic carbocycles. The summed E-state index contributed by atoms with van der Waals surface area (Å²) in [6.07, 6.45) is -4.53. The van der Waals surface area contributed by atoms with Crippen molar-refractivity contribution in [3.8, 4) is 0 Å². The molecular formula is C12H19F3N2O3. The predicted molar refractivity (Wildman–Crippen MR) is 67.1 cm³/mol. The number of nitrogens with one attached hydrogen (secondary N) is 1. The van der Waals surface area contributed by atoms with Crippen LogP contribution in [0.1, 0.15) is 20.8 Å². The summed E-state index contributed by atoms with van der Waals surface area (Å²) in [5.41, 5.74) is -0.702. The van der Waals surface area contributed by atoms with Gasteiger partial charge >= 0.3 is 18.2 Å². The summed E-state index contributed by atoms with van der Waals surface area (Å²) in [6, 6.07) is 0. The largest absolute Gasteiger partial charge is 0.471 e. The fraction of sp³-hybridized carbons (Fsp3) is 0.667. The second kappa shape index (κ2) is 7.16. The second-order valence-electron chi connectivity index (χ2n) is 4.97. The summed E-state index contributed by atoms with van der Waals surface area (Å²) in [4.78, 5) is 22.9. The number of hydrogen-bond acceptors (Lipinski definition) is 3. The maximum Gasteiger partial charge on any atom is 0.471 e. The molecule has 0 spiro atoms. The molecule has 0 atom stereocenters. The number of amides is 2. The number of carbonyl (C=O) groups excluding carboxylic acids is 2. The van der Waals surface area contributed by atoms with Gasteiger partial charge in [-0.15, -0.1) is 6.58 Å². The van der Waals surface area contributed by atoms with Crippen LogP contribution in [-0.2, 0) is 9.53 Å². The van der Waals surface area contributed by atoms with Crippen molar-refractivity contribution >= 4 is 12.0 Å². The van der Waals surface area contributed by atoms with Gasteiger partial charge in [-0.25, -0.2) is 4.79 Å². The van der Waals surface area contributed by atoms with Gasteiger partial charge in [0.2, 0.25) is 0 Å². The minimum atomic E-state index is -4.95. The van der Waals surface area contributed by atoms with Crippen LogP contribution >= 0.6 is 0 Å². The average molecular weight is 296 g/mol. The molecule has 0 aliphatic heterocycles. The number of alkyl halides is 3. The summed E-state index contributed by atoms with van der Waals surface area (Å²) >= 11 is 0. The van der Waals surface area contributed by atoms with Crippen molar-refractivity contribution in [1.29, 1.82) is 0 Å². The van der Waals surface area contributed by atoms with Gasteiger partial charge in [0.25, 0.3) is 0 Å². The highest BCUT2D eigenvalue weighted by Crippen LogP contribution is 2.18. The second-order valence-corrected chi connectivity index (χ2v) is 4.97. The highest BCUT2D eigenvalue weighted by Gasteiger charge is 2.41. The summed E-state index contributed by atoms with van der Waals surface area (Å²) in [7, 11) is 0. The van der Waals surface area contributed by atoms with Crippen LogP contribution in [0.5, 0.6) is 0 Å². The van der Waals surface area contributed by atoms with E-state index in [1.165, 1.54) is 6.08 Å². The molecule has 5 nitrogen and oxygen atoms in total. The van der Waals surface area contributed by atoms with Gasteiger partial charge < -0.3 is 15.0 Å². The first kappa shape index (κ1) is 18.3. The lowest BCUT2D eigenvalue weighted by atomic mass is 10.2. The zero-order chi connectivity index (χ0) is 16.0. The third kappa shape index (κ3) is 7.65. The Labute approximate surface area is 115 Å². The third-order valence-electron chi connectivity index (χ3n) is 1.93. The molecular weight excluding hydrogens is 277 g/mol. The summed E-state index contributed by atoms with van der Waals surface area (Å²) < 4.78 is 41.8. The fourth-order valence-corrected chi connectivity index (χ4v) is 1.22. The Hall–Kier alpha value is -1.73. The van der Waals surface area contributed by atoms with E-state index < -0.39 is 23.8 Å². The van der Waals surface area contributed by atoms with E-state index in [0.29, 0.717) is 4.90 Å². The number of rotatable bonds is 5. The Kier molecular flexibility index (Phi) is 6.54. The van der Waals surface area contributed by atoms with Gasteiger partial charge in [-0.1, -0.05) is 6.08 Å². The van der Waals surface area contributed by atoms with E-state index in [0.717, 1.165) is 0 Å². The van der Waals surface area contributed by atoms with Crippen molar-refractivity contribution in [3.63, 3.8) is 0 Å². The molecule has 0 radical (unpaired) electrons. The predicted octanol–water partition coefficient (Wildman–Crippen LogP) is 2.09. The van der Waals surface area contributed by atoms with Crippen LogP contribution in [0.4, 0.5) is 18.0 Å². The topological polar surface area (TPSA) is 58.6 Å². The van der Waals surface area contributed by atoms with Crippen molar-refractivity contribution in [2.24, 2.45) is 0 Å². The Bertz CT molecular complexity index is 362. The SMILES string of the molecule is C=CCN(CCNC(=O)OC(C)(C)C)C(=O)C(F)(F)F. The number of carbonyl (C=O) groups is 2. The first-order chi connectivity index (χ1) is 8.97. The Morgan fingerprint density at radius 3 is 2.25 bits per heavy atom. The average Bonchev–Trinajstić information content (AvgIpc) is 2.23. The van der Waals surface area contributed by atoms with Crippen LogP contribution in [0.3, 0.4) is 0 Å². The lowest BCUT2D eigenvalue weighted by Gasteiger charge is -2.23. The van der Waals surface area contributed by atoms with E-state index in [9.17, 15) is 22.8 Å². The molecule has 0 aromatic rings. The van der Waals surface area contributed by atoms with Gasteiger partial charge in [-0.05, 0) is 20.8 Å². The number of ether oxygens (including phenoxy) is 1. The van der Waals surface area contributed by atoms with Gasteiger partial charge in [0.05, 0.1) is 0 Å². The summed E-state index contributed by atoms with van der Waals surface area (Å²) in [5.74, 6) is -1.97. The highest BCUT2D eigenvalue weighted by molar-refractivity contribution is 5.82. The lowest BCUT2D eigenvalue weighted by Crippen LogP contribution is -2.45. The van der Waals surface area contributed by atoms with Crippen molar-refractivity contribution in [2.75, 3.05) is 19.6 Å². The number of halogens is 3. The molecule has 8 heteroatoms. The summed E-state index contributed by atoms with van der Waals surface area (Å²) in [5, 5.41) is 2.28. The maximum absolute atomic E-state index is 12.3. The molecule has 20 heavy (non-hydrogen) atoms. The Morgan fingerprint density at radius 1 is 1.30 bits per heavy atom. The number of hydrogen-bond donors (Lipinski definition) is 1. The molecule has 116 valence electrons. The fourth-order valence-electron chi connectivity index (χ4n) is 1.22. The van der Waals surface area contributed by atoms with Crippen molar-refractivity contribution in [2.45, 2.75) is 32.5 Å². The molecule has 0 saturated heterocycles. The van der Waals surface area contributed by atoms with E-state index in [2.05, 4.69) is 11.9 Å². The van der Waals surface area contributed by atoms with Crippen LogP contribution in [0.15, 0.2) is 12.7 Å². The molecule has 0 saturated carbocycles. The molecule has 0 aromatic heterocycles. The molecule has 0 aliphatic rings. The Morgan fingerprint density at radius 2 is 1.85 bits per heavy atom. The zero-order valence-corrected chi connectivity index (χ0v) is 11.7. The molecule has 0 aliphatic carbocycles. The molecule has 1 N–H and O–H groups in total. The molecule has 0 heterocycles. The molecule has 2 amide bonds. The van der Waals surface area contributed by atoms with E-state index in [1.807, 2.05) is 0 Å². The van der Waals surface area contributed by atoms with Crippen LogP contribution in [0.2, 0.25) is 0 Å². The summed E-state index contributed by atoms with van der Waals surface area (Å²) in [6.45, 7) is 7.56. The molecule has 0 unspecified atom stereocenters. The van der Waals surface area contributed by atoms with Gasteiger partial charge in [0, 0.05) is 19.6 Å². The normalized spacial score (nSPS) is 11.7. The minimum absolute atomic E-state index is 0.148. The lowest BCUT2D eigenvalue weighted by molar-refractivity contribution is -0.184. The van der Waals surface area contributed by atoms with Crippen molar-refractivity contribution in [1.82, 2.24) is 10.2 Å². The van der Waals surface area contributed by atoms with Gasteiger partial charge in [0.15, 0.2) is 0 Å². The quantitative estimate of drug-likeness (QED) is 0.790. The first-order valence-corrected chi connectivity index (χ1v) is 5.91. The number of alkyl carbamates (subject to hydrolysis) is 1. The van der Waals surface area contributed by atoms with Gasteiger partial charge in [0.1, 0.15) is 5.60 Å². The van der Waals surface area contributed by atoms with Crippen molar-refractivity contribution < 1.29 is 27.5 Å². The smallest absolute Gasteiger partial charge is 0.444 e. The van der Waals surface area contributed by atoms with E-state index >= 15 is 0 Å². The third-order valence-corrected chi connectivity index (χ3v) is 1.93.